The minimum absolute atomic E-state index is 0.0341. The van der Waals surface area contributed by atoms with Gasteiger partial charge in [0.05, 0.1) is 18.4 Å². The van der Waals surface area contributed by atoms with Crippen LogP contribution in [0.4, 0.5) is 0 Å². The number of ether oxygens (including phenoxy) is 1. The van der Waals surface area contributed by atoms with Crippen LogP contribution in [0.1, 0.15) is 18.9 Å². The number of carbonyl (C=O) groups excluding carboxylic acids is 1. The smallest absolute Gasteiger partial charge is 0.317 e. The highest BCUT2D eigenvalue weighted by Gasteiger charge is 2.08. The number of benzene rings is 1. The van der Waals surface area contributed by atoms with E-state index in [2.05, 4.69) is 17.0 Å². The van der Waals surface area contributed by atoms with Crippen LogP contribution >= 0.6 is 0 Å². The van der Waals surface area contributed by atoms with Crippen molar-refractivity contribution >= 4 is 5.97 Å². The lowest BCUT2D eigenvalue weighted by Gasteiger charge is -2.00. The van der Waals surface area contributed by atoms with Crippen LogP contribution in [0.25, 0.3) is 11.3 Å². The van der Waals surface area contributed by atoms with Crippen LogP contribution in [0.15, 0.2) is 35.0 Å². The molecule has 0 aliphatic rings. The second kappa shape index (κ2) is 6.43. The second-order valence-corrected chi connectivity index (χ2v) is 3.89. The van der Waals surface area contributed by atoms with Crippen LogP contribution < -0.4 is 0 Å². The molecule has 0 atom stereocenters. The number of phenolic OH excluding ortho intramolecular Hbond substituents is 1. The molecule has 5 heteroatoms. The molecule has 1 aromatic heterocycles. The number of hydrogen-bond donors (Lipinski definition) is 1. The molecule has 5 nitrogen and oxygen atoms in total. The number of nitrogens with zero attached hydrogens (tertiary/aromatic N) is 1. The summed E-state index contributed by atoms with van der Waals surface area (Å²) in [5, 5.41) is 13.4. The van der Waals surface area contributed by atoms with Crippen molar-refractivity contribution in [3.63, 3.8) is 0 Å². The van der Waals surface area contributed by atoms with Gasteiger partial charge in [-0.05, 0) is 25.1 Å². The SMILES string of the molecule is CCOC(=O)CC#Cc1ccc(O)c(-c2ccno2)c1. The summed E-state index contributed by atoms with van der Waals surface area (Å²) in [4.78, 5) is 11.2. The van der Waals surface area contributed by atoms with Gasteiger partial charge in [-0.1, -0.05) is 17.0 Å². The van der Waals surface area contributed by atoms with E-state index in [4.69, 9.17) is 9.26 Å². The van der Waals surface area contributed by atoms with Gasteiger partial charge in [-0.15, -0.1) is 0 Å². The summed E-state index contributed by atoms with van der Waals surface area (Å²) >= 11 is 0. The minimum Gasteiger partial charge on any atom is -0.507 e. The molecule has 1 heterocycles. The van der Waals surface area contributed by atoms with Crippen molar-refractivity contribution in [3.8, 4) is 28.9 Å². The Morgan fingerprint density at radius 2 is 2.30 bits per heavy atom. The first kappa shape index (κ1) is 13.7. The molecule has 102 valence electrons. The predicted molar refractivity (Wildman–Crippen MR) is 71.7 cm³/mol. The van der Waals surface area contributed by atoms with Gasteiger partial charge in [-0.2, -0.15) is 0 Å². The van der Waals surface area contributed by atoms with Gasteiger partial charge in [0.25, 0.3) is 0 Å². The van der Waals surface area contributed by atoms with Crippen molar-refractivity contribution in [2.24, 2.45) is 0 Å². The zero-order valence-corrected chi connectivity index (χ0v) is 10.9. The van der Waals surface area contributed by atoms with Crippen LogP contribution in [-0.2, 0) is 9.53 Å². The van der Waals surface area contributed by atoms with Crippen LogP contribution in [0, 0.1) is 11.8 Å². The van der Waals surface area contributed by atoms with E-state index >= 15 is 0 Å². The van der Waals surface area contributed by atoms with Crippen LogP contribution in [-0.4, -0.2) is 22.8 Å². The molecule has 0 fully saturated rings. The Morgan fingerprint density at radius 1 is 1.45 bits per heavy atom. The zero-order chi connectivity index (χ0) is 14.4. The largest absolute Gasteiger partial charge is 0.507 e. The maximum atomic E-state index is 11.2. The van der Waals surface area contributed by atoms with Gasteiger partial charge in [0.15, 0.2) is 5.76 Å². The summed E-state index contributed by atoms with van der Waals surface area (Å²) in [5.41, 5.74) is 1.17. The van der Waals surface area contributed by atoms with E-state index in [-0.39, 0.29) is 18.1 Å². The Morgan fingerprint density at radius 3 is 3.00 bits per heavy atom. The summed E-state index contributed by atoms with van der Waals surface area (Å²) in [6.07, 6.45) is 1.53. The van der Waals surface area contributed by atoms with E-state index in [1.165, 1.54) is 12.3 Å². The molecule has 0 amide bonds. The molecule has 1 N–H and O–H groups in total. The van der Waals surface area contributed by atoms with Gasteiger partial charge in [0.1, 0.15) is 12.2 Å². The molecule has 1 aromatic carbocycles. The average Bonchev–Trinajstić information content (AvgIpc) is 2.95. The van der Waals surface area contributed by atoms with Crippen molar-refractivity contribution in [1.82, 2.24) is 5.16 Å². The van der Waals surface area contributed by atoms with Crippen LogP contribution in [0.2, 0.25) is 0 Å². The van der Waals surface area contributed by atoms with E-state index in [1.807, 2.05) is 0 Å². The van der Waals surface area contributed by atoms with Crippen molar-refractivity contribution in [2.45, 2.75) is 13.3 Å². The number of aromatic nitrogens is 1. The molecule has 2 rings (SSSR count). The first-order chi connectivity index (χ1) is 9.70. The number of hydrogen-bond acceptors (Lipinski definition) is 5. The zero-order valence-electron chi connectivity index (χ0n) is 10.9. The van der Waals surface area contributed by atoms with Crippen molar-refractivity contribution < 1.29 is 19.2 Å². The Kier molecular flexibility index (Phi) is 4.40. The first-order valence-electron chi connectivity index (χ1n) is 6.09. The summed E-state index contributed by atoms with van der Waals surface area (Å²) in [7, 11) is 0. The summed E-state index contributed by atoms with van der Waals surface area (Å²) < 4.78 is 9.77. The normalized spacial score (nSPS) is 9.65. The Bertz CT molecular complexity index is 650. The Hall–Kier alpha value is -2.74. The number of esters is 1. The molecular weight excluding hydrogens is 258 g/mol. The van der Waals surface area contributed by atoms with Gasteiger partial charge in [-0.3, -0.25) is 4.79 Å². The van der Waals surface area contributed by atoms with Gasteiger partial charge in [0, 0.05) is 11.6 Å². The van der Waals surface area contributed by atoms with Gasteiger partial charge >= 0.3 is 5.97 Å². The highest BCUT2D eigenvalue weighted by Crippen LogP contribution is 2.29. The molecular formula is C15H13NO4. The summed E-state index contributed by atoms with van der Waals surface area (Å²) in [5.74, 6) is 5.75. The quantitative estimate of drug-likeness (QED) is 0.685. The van der Waals surface area contributed by atoms with Crippen LogP contribution in [0.3, 0.4) is 0 Å². The van der Waals surface area contributed by atoms with E-state index in [1.54, 1.807) is 25.1 Å². The lowest BCUT2D eigenvalue weighted by Crippen LogP contribution is -2.01. The maximum Gasteiger partial charge on any atom is 0.317 e. The third-order valence-corrected chi connectivity index (χ3v) is 2.47. The molecule has 0 aliphatic carbocycles. The van der Waals surface area contributed by atoms with E-state index in [0.29, 0.717) is 23.5 Å². The van der Waals surface area contributed by atoms with E-state index in [9.17, 15) is 9.90 Å². The summed E-state index contributed by atoms with van der Waals surface area (Å²) in [6, 6.07) is 6.50. The van der Waals surface area contributed by atoms with E-state index in [0.717, 1.165) is 0 Å². The average molecular weight is 271 g/mol. The van der Waals surface area contributed by atoms with Crippen molar-refractivity contribution in [3.05, 3.63) is 36.0 Å². The van der Waals surface area contributed by atoms with Crippen molar-refractivity contribution in [1.29, 1.82) is 0 Å². The third-order valence-electron chi connectivity index (χ3n) is 2.47. The van der Waals surface area contributed by atoms with Crippen molar-refractivity contribution in [2.75, 3.05) is 6.61 Å². The standard InChI is InChI=1S/C15H13NO4/c1-2-19-15(18)5-3-4-11-6-7-13(17)12(10-11)14-8-9-16-20-14/h6-10,17H,2,5H2,1H3. The predicted octanol–water partition coefficient (Wildman–Crippen LogP) is 2.35. The fraction of sp³-hybridized carbons (Fsp3) is 0.200. The molecule has 0 aliphatic heterocycles. The highest BCUT2D eigenvalue weighted by atomic mass is 16.5. The maximum absolute atomic E-state index is 11.2. The minimum atomic E-state index is -0.353. The highest BCUT2D eigenvalue weighted by molar-refractivity contribution is 5.73. The lowest BCUT2D eigenvalue weighted by atomic mass is 10.1. The second-order valence-electron chi connectivity index (χ2n) is 3.89. The Balaban J connectivity index is 2.16. The lowest BCUT2D eigenvalue weighted by molar-refractivity contribution is -0.141. The van der Waals surface area contributed by atoms with Gasteiger partial charge in [0.2, 0.25) is 0 Å². The first-order valence-corrected chi connectivity index (χ1v) is 6.09. The molecule has 0 saturated heterocycles. The molecule has 0 radical (unpaired) electrons. The van der Waals surface area contributed by atoms with Gasteiger partial charge < -0.3 is 14.4 Å². The number of carbonyl (C=O) groups is 1. The molecule has 20 heavy (non-hydrogen) atoms. The fourth-order valence-corrected chi connectivity index (χ4v) is 1.60. The summed E-state index contributed by atoms with van der Waals surface area (Å²) in [6.45, 7) is 2.09. The molecule has 2 aromatic rings. The van der Waals surface area contributed by atoms with Crippen LogP contribution in [0.5, 0.6) is 5.75 Å². The third kappa shape index (κ3) is 3.39. The van der Waals surface area contributed by atoms with E-state index < -0.39 is 0 Å². The Labute approximate surface area is 116 Å². The molecule has 0 saturated carbocycles. The number of aromatic hydroxyl groups is 1. The molecule has 0 spiro atoms. The molecule has 0 bridgehead atoms. The number of phenols is 1. The molecule has 0 unspecified atom stereocenters. The monoisotopic (exact) mass is 271 g/mol. The topological polar surface area (TPSA) is 72.6 Å². The fourth-order valence-electron chi connectivity index (χ4n) is 1.60. The number of rotatable bonds is 3. The van der Waals surface area contributed by atoms with Gasteiger partial charge in [-0.25, -0.2) is 0 Å².